The third kappa shape index (κ3) is 5.28. The van der Waals surface area contributed by atoms with Crippen LogP contribution >= 0.6 is 0 Å². The normalized spacial score (nSPS) is 13.9. The highest BCUT2D eigenvalue weighted by Gasteiger charge is 2.17. The molecule has 0 atom stereocenters. The van der Waals surface area contributed by atoms with Gasteiger partial charge in [-0.25, -0.2) is 5.43 Å². The number of anilines is 4. The number of aromatic nitrogens is 3. The summed E-state index contributed by atoms with van der Waals surface area (Å²) in [5.41, 5.74) is 3.91. The lowest BCUT2D eigenvalue weighted by atomic mass is 10.2. The van der Waals surface area contributed by atoms with Gasteiger partial charge in [0.05, 0.1) is 29.9 Å². The molecular formula is C20H20N8O3. The van der Waals surface area contributed by atoms with Gasteiger partial charge in [-0.15, -0.1) is 0 Å². The third-order valence-electron chi connectivity index (χ3n) is 4.45. The van der Waals surface area contributed by atoms with Crippen LogP contribution in [0.25, 0.3) is 0 Å². The van der Waals surface area contributed by atoms with Crippen molar-refractivity contribution in [2.45, 2.75) is 0 Å². The lowest BCUT2D eigenvalue weighted by Gasteiger charge is -2.27. The number of nitrogens with zero attached hydrogens (tertiary/aromatic N) is 6. The zero-order chi connectivity index (χ0) is 21.5. The maximum absolute atomic E-state index is 11.2. The average molecular weight is 420 g/mol. The fourth-order valence-electron chi connectivity index (χ4n) is 2.95. The number of morpholine rings is 1. The van der Waals surface area contributed by atoms with E-state index in [1.807, 2.05) is 35.2 Å². The lowest BCUT2D eigenvalue weighted by Crippen LogP contribution is -2.37. The number of nitrogens with one attached hydrogen (secondary N) is 2. The van der Waals surface area contributed by atoms with Crippen LogP contribution in [0.3, 0.4) is 0 Å². The van der Waals surface area contributed by atoms with Crippen molar-refractivity contribution in [3.63, 3.8) is 0 Å². The monoisotopic (exact) mass is 420 g/mol. The van der Waals surface area contributed by atoms with Gasteiger partial charge < -0.3 is 15.0 Å². The first-order valence-electron chi connectivity index (χ1n) is 9.62. The fraction of sp³-hybridized carbons (Fsp3) is 0.200. The number of ether oxygens (including phenoxy) is 1. The Hall–Kier alpha value is -4.12. The molecule has 31 heavy (non-hydrogen) atoms. The van der Waals surface area contributed by atoms with Crippen LogP contribution in [0.1, 0.15) is 5.56 Å². The molecule has 1 fully saturated rings. The van der Waals surface area contributed by atoms with Crippen molar-refractivity contribution in [1.82, 2.24) is 15.0 Å². The number of hydrogen-bond donors (Lipinski definition) is 2. The molecule has 1 aliphatic rings. The summed E-state index contributed by atoms with van der Waals surface area (Å²) < 4.78 is 5.40. The van der Waals surface area contributed by atoms with Crippen molar-refractivity contribution in [2.75, 3.05) is 41.9 Å². The Morgan fingerprint density at radius 1 is 1.00 bits per heavy atom. The van der Waals surface area contributed by atoms with Crippen molar-refractivity contribution in [3.05, 3.63) is 70.3 Å². The largest absolute Gasteiger partial charge is 0.378 e. The highest BCUT2D eigenvalue weighted by Crippen LogP contribution is 2.19. The minimum Gasteiger partial charge on any atom is -0.378 e. The average Bonchev–Trinajstić information content (AvgIpc) is 2.80. The van der Waals surface area contributed by atoms with Crippen molar-refractivity contribution in [2.24, 2.45) is 5.10 Å². The number of hydrazone groups is 1. The van der Waals surface area contributed by atoms with Crippen LogP contribution in [-0.2, 0) is 4.74 Å². The van der Waals surface area contributed by atoms with Gasteiger partial charge in [-0.05, 0) is 18.2 Å². The zero-order valence-corrected chi connectivity index (χ0v) is 16.5. The fourth-order valence-corrected chi connectivity index (χ4v) is 2.95. The topological polar surface area (TPSA) is 131 Å². The van der Waals surface area contributed by atoms with E-state index < -0.39 is 4.92 Å². The standard InChI is InChI=1S/C20H20N8O3/c29-28(30)17-9-5-4-6-15(17)14-21-26-19-23-18(22-16-7-2-1-3-8-16)24-20(25-19)27-10-12-31-13-11-27/h1-9,14H,10-13H2,(H2,22,23,24,25,26)/b21-14+. The molecule has 0 spiro atoms. The molecule has 2 heterocycles. The molecule has 4 rings (SSSR count). The van der Waals surface area contributed by atoms with E-state index in [1.165, 1.54) is 12.3 Å². The van der Waals surface area contributed by atoms with Crippen LogP contribution in [0.4, 0.5) is 29.2 Å². The summed E-state index contributed by atoms with van der Waals surface area (Å²) in [4.78, 5) is 26.0. The predicted octanol–water partition coefficient (Wildman–Crippen LogP) is 2.81. The maximum atomic E-state index is 11.2. The van der Waals surface area contributed by atoms with E-state index in [2.05, 4.69) is 30.8 Å². The summed E-state index contributed by atoms with van der Waals surface area (Å²) in [7, 11) is 0. The number of benzene rings is 2. The predicted molar refractivity (Wildman–Crippen MR) is 117 cm³/mol. The van der Waals surface area contributed by atoms with Crippen LogP contribution in [0.15, 0.2) is 59.7 Å². The molecular weight excluding hydrogens is 400 g/mol. The lowest BCUT2D eigenvalue weighted by molar-refractivity contribution is -0.385. The van der Waals surface area contributed by atoms with E-state index in [1.54, 1.807) is 18.2 Å². The van der Waals surface area contributed by atoms with Crippen molar-refractivity contribution >= 4 is 35.4 Å². The first kappa shape index (κ1) is 20.2. The van der Waals surface area contributed by atoms with Gasteiger partial charge in [0.15, 0.2) is 0 Å². The molecule has 2 aromatic carbocycles. The van der Waals surface area contributed by atoms with Crippen molar-refractivity contribution in [1.29, 1.82) is 0 Å². The summed E-state index contributed by atoms with van der Waals surface area (Å²) in [5.74, 6) is 1.05. The van der Waals surface area contributed by atoms with Gasteiger partial charge >= 0.3 is 0 Å². The van der Waals surface area contributed by atoms with Crippen LogP contribution in [-0.4, -0.2) is 52.4 Å². The number of nitro groups is 1. The Bertz CT molecular complexity index is 1070. The third-order valence-corrected chi connectivity index (χ3v) is 4.45. The van der Waals surface area contributed by atoms with Gasteiger partial charge in [0, 0.05) is 24.8 Å². The van der Waals surface area contributed by atoms with E-state index in [9.17, 15) is 10.1 Å². The van der Waals surface area contributed by atoms with E-state index in [0.717, 1.165) is 5.69 Å². The van der Waals surface area contributed by atoms with Gasteiger partial charge in [-0.1, -0.05) is 30.3 Å². The second-order valence-electron chi connectivity index (χ2n) is 6.56. The molecule has 0 amide bonds. The molecule has 0 saturated carbocycles. The van der Waals surface area contributed by atoms with Gasteiger partial charge in [0.25, 0.3) is 5.69 Å². The Kier molecular flexibility index (Phi) is 6.24. The van der Waals surface area contributed by atoms with Gasteiger partial charge in [0.2, 0.25) is 17.8 Å². The molecule has 11 heteroatoms. The molecule has 0 unspecified atom stereocenters. The minimum atomic E-state index is -0.456. The summed E-state index contributed by atoms with van der Waals surface area (Å²) in [6, 6.07) is 15.9. The Morgan fingerprint density at radius 2 is 1.71 bits per heavy atom. The molecule has 0 bridgehead atoms. The molecule has 2 N–H and O–H groups in total. The molecule has 0 radical (unpaired) electrons. The van der Waals surface area contributed by atoms with Gasteiger partial charge in [0.1, 0.15) is 0 Å². The van der Waals surface area contributed by atoms with Crippen LogP contribution in [0, 0.1) is 10.1 Å². The maximum Gasteiger partial charge on any atom is 0.278 e. The molecule has 11 nitrogen and oxygen atoms in total. The smallest absolute Gasteiger partial charge is 0.278 e. The first-order valence-corrected chi connectivity index (χ1v) is 9.62. The summed E-state index contributed by atoms with van der Waals surface area (Å²) in [6.07, 6.45) is 1.36. The molecule has 1 aliphatic heterocycles. The van der Waals surface area contributed by atoms with Crippen LogP contribution < -0.4 is 15.6 Å². The Labute approximate surface area is 178 Å². The van der Waals surface area contributed by atoms with Crippen LogP contribution in [0.2, 0.25) is 0 Å². The SMILES string of the molecule is O=[N+]([O-])c1ccccc1/C=N/Nc1nc(Nc2ccccc2)nc(N2CCOCC2)n1. The van der Waals surface area contributed by atoms with Gasteiger partial charge in [-0.2, -0.15) is 20.1 Å². The van der Waals surface area contributed by atoms with E-state index in [4.69, 9.17) is 4.74 Å². The zero-order valence-electron chi connectivity index (χ0n) is 16.5. The summed E-state index contributed by atoms with van der Waals surface area (Å²) >= 11 is 0. The Morgan fingerprint density at radius 3 is 2.48 bits per heavy atom. The van der Waals surface area contributed by atoms with Crippen molar-refractivity contribution in [3.8, 4) is 0 Å². The number of hydrogen-bond acceptors (Lipinski definition) is 10. The second kappa shape index (κ2) is 9.59. The highest BCUT2D eigenvalue weighted by atomic mass is 16.6. The van der Waals surface area contributed by atoms with E-state index in [-0.39, 0.29) is 11.6 Å². The first-order chi connectivity index (χ1) is 15.2. The van der Waals surface area contributed by atoms with E-state index >= 15 is 0 Å². The highest BCUT2D eigenvalue weighted by molar-refractivity contribution is 5.85. The molecule has 3 aromatic rings. The molecule has 1 saturated heterocycles. The number of rotatable bonds is 7. The number of nitro benzene ring substituents is 1. The molecule has 1 aromatic heterocycles. The molecule has 158 valence electrons. The van der Waals surface area contributed by atoms with E-state index in [0.29, 0.717) is 43.8 Å². The quantitative estimate of drug-likeness (QED) is 0.336. The Balaban J connectivity index is 1.58. The molecule has 0 aliphatic carbocycles. The summed E-state index contributed by atoms with van der Waals surface area (Å²) in [5, 5.41) is 18.4. The minimum absolute atomic E-state index is 0.0378. The number of para-hydroxylation sites is 2. The van der Waals surface area contributed by atoms with Crippen molar-refractivity contribution < 1.29 is 9.66 Å². The summed E-state index contributed by atoms with van der Waals surface area (Å²) in [6.45, 7) is 2.50. The van der Waals surface area contributed by atoms with Crippen LogP contribution in [0.5, 0.6) is 0 Å². The van der Waals surface area contributed by atoms with Gasteiger partial charge in [-0.3, -0.25) is 10.1 Å². The second-order valence-corrected chi connectivity index (χ2v) is 6.56.